The van der Waals surface area contributed by atoms with Gasteiger partial charge in [-0.3, -0.25) is 14.6 Å². The third-order valence-corrected chi connectivity index (χ3v) is 3.50. The Hall–Kier alpha value is -2.43. The molecule has 0 fully saturated rings. The first-order chi connectivity index (χ1) is 10.5. The van der Waals surface area contributed by atoms with Crippen molar-refractivity contribution in [3.05, 3.63) is 42.2 Å². The monoisotopic (exact) mass is 300 g/mol. The van der Waals surface area contributed by atoms with E-state index >= 15 is 0 Å². The number of carboxylic acid groups (broad SMARTS) is 1. The lowest BCUT2D eigenvalue weighted by Gasteiger charge is -2.15. The highest BCUT2D eigenvalue weighted by atomic mass is 16.4. The first-order valence-electron chi connectivity index (χ1n) is 7.33. The number of nitrogens with one attached hydrogen (secondary N) is 1. The van der Waals surface area contributed by atoms with Gasteiger partial charge in [0.05, 0.1) is 5.92 Å². The van der Waals surface area contributed by atoms with Crippen molar-refractivity contribution in [3.63, 3.8) is 0 Å². The summed E-state index contributed by atoms with van der Waals surface area (Å²) in [5, 5.41) is 13.6. The Bertz CT molecular complexity index is 677. The molecule has 0 bridgehead atoms. The number of aromatic nitrogens is 1. The van der Waals surface area contributed by atoms with E-state index in [1.54, 1.807) is 6.20 Å². The molecule has 1 aromatic heterocycles. The summed E-state index contributed by atoms with van der Waals surface area (Å²) in [6, 6.07) is 9.32. The first kappa shape index (κ1) is 15.9. The van der Waals surface area contributed by atoms with E-state index in [1.807, 2.05) is 44.2 Å². The van der Waals surface area contributed by atoms with Crippen LogP contribution in [0.15, 0.2) is 36.5 Å². The lowest BCUT2D eigenvalue weighted by molar-refractivity contribution is -0.142. The van der Waals surface area contributed by atoms with E-state index in [4.69, 9.17) is 0 Å². The Morgan fingerprint density at radius 3 is 2.64 bits per heavy atom. The summed E-state index contributed by atoms with van der Waals surface area (Å²) >= 11 is 0. The van der Waals surface area contributed by atoms with Gasteiger partial charge in [-0.15, -0.1) is 0 Å². The molecule has 22 heavy (non-hydrogen) atoms. The molecule has 2 N–H and O–H groups in total. The van der Waals surface area contributed by atoms with E-state index in [0.29, 0.717) is 12.1 Å². The number of carbonyl (C=O) groups is 2. The second kappa shape index (κ2) is 7.02. The van der Waals surface area contributed by atoms with Crippen molar-refractivity contribution in [1.29, 1.82) is 0 Å². The molecule has 1 amide bonds. The molecule has 1 atom stereocenters. The fraction of sp³-hybridized carbons (Fsp3) is 0.353. The normalized spacial score (nSPS) is 12.3. The van der Waals surface area contributed by atoms with Crippen LogP contribution in [0.3, 0.4) is 0 Å². The summed E-state index contributed by atoms with van der Waals surface area (Å²) in [6.45, 7) is 4.03. The van der Waals surface area contributed by atoms with Crippen LogP contribution >= 0.6 is 0 Å². The molecule has 1 unspecified atom stereocenters. The molecular weight excluding hydrogens is 280 g/mol. The molecule has 1 heterocycles. The third-order valence-electron chi connectivity index (χ3n) is 3.50. The highest BCUT2D eigenvalue weighted by Crippen LogP contribution is 2.16. The molecule has 5 heteroatoms. The Labute approximate surface area is 129 Å². The summed E-state index contributed by atoms with van der Waals surface area (Å²) in [7, 11) is 0. The molecule has 0 aliphatic carbocycles. The zero-order chi connectivity index (χ0) is 16.1. The van der Waals surface area contributed by atoms with Gasteiger partial charge in [-0.25, -0.2) is 0 Å². The molecule has 0 aliphatic rings. The average molecular weight is 300 g/mol. The molecule has 0 saturated carbocycles. The lowest BCUT2D eigenvalue weighted by atomic mass is 9.97. The van der Waals surface area contributed by atoms with Crippen molar-refractivity contribution < 1.29 is 14.7 Å². The number of pyridine rings is 1. The molecular formula is C17H20N2O3. The SMILES string of the molecule is CC(C)CC(CNC(=O)c1nccc2ccccc12)C(=O)O. The minimum absolute atomic E-state index is 0.108. The predicted octanol–water partition coefficient (Wildman–Crippen LogP) is 2.71. The van der Waals surface area contributed by atoms with Gasteiger partial charge in [-0.05, 0) is 23.8 Å². The van der Waals surface area contributed by atoms with Gasteiger partial charge in [0, 0.05) is 18.1 Å². The fourth-order valence-corrected chi connectivity index (χ4v) is 2.44. The zero-order valence-corrected chi connectivity index (χ0v) is 12.7. The summed E-state index contributed by atoms with van der Waals surface area (Å²) in [5.74, 6) is -1.56. The van der Waals surface area contributed by atoms with Crippen molar-refractivity contribution >= 4 is 22.6 Å². The van der Waals surface area contributed by atoms with E-state index in [2.05, 4.69) is 10.3 Å². The number of hydrogen-bond donors (Lipinski definition) is 2. The fourth-order valence-electron chi connectivity index (χ4n) is 2.44. The topological polar surface area (TPSA) is 79.3 Å². The van der Waals surface area contributed by atoms with Gasteiger partial charge < -0.3 is 10.4 Å². The van der Waals surface area contributed by atoms with Crippen LogP contribution in [0.1, 0.15) is 30.8 Å². The number of hydrogen-bond acceptors (Lipinski definition) is 3. The van der Waals surface area contributed by atoms with Crippen molar-refractivity contribution in [2.45, 2.75) is 20.3 Å². The average Bonchev–Trinajstić information content (AvgIpc) is 2.50. The van der Waals surface area contributed by atoms with E-state index < -0.39 is 11.9 Å². The standard InChI is InChI=1S/C17H20N2O3/c1-11(2)9-13(17(21)22)10-19-16(20)15-14-6-4-3-5-12(14)7-8-18-15/h3-8,11,13H,9-10H2,1-2H3,(H,19,20)(H,21,22). The molecule has 0 radical (unpaired) electrons. The van der Waals surface area contributed by atoms with Crippen LogP contribution in [0.25, 0.3) is 10.8 Å². The van der Waals surface area contributed by atoms with Gasteiger partial charge >= 0.3 is 5.97 Å². The van der Waals surface area contributed by atoms with E-state index in [0.717, 1.165) is 10.8 Å². The van der Waals surface area contributed by atoms with Gasteiger partial charge in [-0.2, -0.15) is 0 Å². The molecule has 0 aliphatic heterocycles. The van der Waals surface area contributed by atoms with Crippen molar-refractivity contribution in [1.82, 2.24) is 10.3 Å². The number of amides is 1. The van der Waals surface area contributed by atoms with Gasteiger partial charge in [0.1, 0.15) is 5.69 Å². The van der Waals surface area contributed by atoms with Gasteiger partial charge in [0.25, 0.3) is 5.91 Å². The second-order valence-corrected chi connectivity index (χ2v) is 5.76. The number of nitrogens with zero attached hydrogens (tertiary/aromatic N) is 1. The molecule has 2 rings (SSSR count). The highest BCUT2D eigenvalue weighted by Gasteiger charge is 2.20. The molecule has 5 nitrogen and oxygen atoms in total. The number of carboxylic acids is 1. The van der Waals surface area contributed by atoms with Gasteiger partial charge in [0.15, 0.2) is 0 Å². The van der Waals surface area contributed by atoms with Gasteiger partial charge in [-0.1, -0.05) is 38.1 Å². The van der Waals surface area contributed by atoms with Crippen LogP contribution in [-0.4, -0.2) is 28.5 Å². The summed E-state index contributed by atoms with van der Waals surface area (Å²) in [6.07, 6.45) is 2.11. The first-order valence-corrected chi connectivity index (χ1v) is 7.33. The summed E-state index contributed by atoms with van der Waals surface area (Å²) < 4.78 is 0. The number of fused-ring (bicyclic) bond motifs is 1. The Kier molecular flexibility index (Phi) is 5.09. The smallest absolute Gasteiger partial charge is 0.308 e. The van der Waals surface area contributed by atoms with Crippen molar-refractivity contribution in [2.24, 2.45) is 11.8 Å². The second-order valence-electron chi connectivity index (χ2n) is 5.76. The molecule has 0 spiro atoms. The van der Waals surface area contributed by atoms with Crippen LogP contribution < -0.4 is 5.32 Å². The molecule has 2 aromatic rings. The van der Waals surface area contributed by atoms with E-state index in [-0.39, 0.29) is 18.4 Å². The third kappa shape index (κ3) is 3.81. The predicted molar refractivity (Wildman–Crippen MR) is 84.7 cm³/mol. The highest BCUT2D eigenvalue weighted by molar-refractivity contribution is 6.05. The number of benzene rings is 1. The molecule has 0 saturated heterocycles. The van der Waals surface area contributed by atoms with Crippen LogP contribution in [0.4, 0.5) is 0 Å². The Morgan fingerprint density at radius 2 is 1.95 bits per heavy atom. The minimum Gasteiger partial charge on any atom is -0.481 e. The minimum atomic E-state index is -0.889. The van der Waals surface area contributed by atoms with Gasteiger partial charge in [0.2, 0.25) is 0 Å². The Morgan fingerprint density at radius 1 is 1.23 bits per heavy atom. The van der Waals surface area contributed by atoms with Crippen LogP contribution in [-0.2, 0) is 4.79 Å². The number of aliphatic carboxylic acids is 1. The number of carbonyl (C=O) groups excluding carboxylic acids is 1. The van der Waals surface area contributed by atoms with E-state index in [9.17, 15) is 14.7 Å². The molecule has 1 aromatic carbocycles. The van der Waals surface area contributed by atoms with Crippen LogP contribution in [0.5, 0.6) is 0 Å². The zero-order valence-electron chi connectivity index (χ0n) is 12.7. The van der Waals surface area contributed by atoms with Crippen LogP contribution in [0, 0.1) is 11.8 Å². The van der Waals surface area contributed by atoms with E-state index in [1.165, 1.54) is 0 Å². The maximum Gasteiger partial charge on any atom is 0.308 e. The lowest BCUT2D eigenvalue weighted by Crippen LogP contribution is -2.34. The summed E-state index contributed by atoms with van der Waals surface area (Å²) in [4.78, 5) is 27.7. The van der Waals surface area contributed by atoms with Crippen molar-refractivity contribution in [3.8, 4) is 0 Å². The maximum absolute atomic E-state index is 12.3. The van der Waals surface area contributed by atoms with Crippen molar-refractivity contribution in [2.75, 3.05) is 6.54 Å². The largest absolute Gasteiger partial charge is 0.481 e. The Balaban J connectivity index is 2.12. The summed E-state index contributed by atoms with van der Waals surface area (Å²) in [5.41, 5.74) is 0.326. The molecule has 116 valence electrons. The quantitative estimate of drug-likeness (QED) is 0.859. The number of rotatable bonds is 6. The maximum atomic E-state index is 12.3. The van der Waals surface area contributed by atoms with Crippen LogP contribution in [0.2, 0.25) is 0 Å².